The van der Waals surface area contributed by atoms with Gasteiger partial charge in [0, 0.05) is 31.5 Å². The summed E-state index contributed by atoms with van der Waals surface area (Å²) in [5.41, 5.74) is -0.420. The topological polar surface area (TPSA) is 84.7 Å². The van der Waals surface area contributed by atoms with E-state index >= 15 is 0 Å². The van der Waals surface area contributed by atoms with Crippen LogP contribution in [0.3, 0.4) is 0 Å². The molecule has 2 aromatic heterocycles. The Morgan fingerprint density at radius 2 is 2.04 bits per heavy atom. The Hall–Kier alpha value is -2.67. The van der Waals surface area contributed by atoms with Gasteiger partial charge in [-0.15, -0.1) is 0 Å². The molecule has 0 aliphatic heterocycles. The molecule has 1 atom stereocenters. The third-order valence-electron chi connectivity index (χ3n) is 3.76. The van der Waals surface area contributed by atoms with E-state index in [0.29, 0.717) is 23.9 Å². The molecule has 7 nitrogen and oxygen atoms in total. The molecule has 0 fully saturated rings. The maximum Gasteiger partial charge on any atom is 0.273 e. The van der Waals surface area contributed by atoms with Gasteiger partial charge in [0.05, 0.1) is 23.6 Å². The van der Waals surface area contributed by atoms with Crippen LogP contribution in [-0.4, -0.2) is 31.9 Å². The number of hydrogen-bond donors (Lipinski definition) is 2. The smallest absolute Gasteiger partial charge is 0.273 e. The fraction of sp³-hybridized carbons (Fsp3) is 0.312. The summed E-state index contributed by atoms with van der Waals surface area (Å²) < 4.78 is 3.35. The van der Waals surface area contributed by atoms with Crippen molar-refractivity contribution in [1.29, 1.82) is 0 Å². The average Bonchev–Trinajstić information content (AvgIpc) is 3.05. The average molecular weight is 313 g/mol. The zero-order valence-electron chi connectivity index (χ0n) is 12.9. The highest BCUT2D eigenvalue weighted by molar-refractivity contribution is 5.80. The van der Waals surface area contributed by atoms with Crippen LogP contribution in [0.25, 0.3) is 10.8 Å². The van der Waals surface area contributed by atoms with Crippen molar-refractivity contribution in [2.45, 2.75) is 26.1 Å². The summed E-state index contributed by atoms with van der Waals surface area (Å²) in [7, 11) is 0. The summed E-state index contributed by atoms with van der Waals surface area (Å²) in [6.45, 7) is 3.85. The van der Waals surface area contributed by atoms with Crippen molar-refractivity contribution in [2.24, 2.45) is 0 Å². The molecule has 7 heteroatoms. The zero-order valence-corrected chi connectivity index (χ0v) is 12.9. The van der Waals surface area contributed by atoms with Gasteiger partial charge < -0.3 is 9.88 Å². The molecule has 3 aromatic rings. The van der Waals surface area contributed by atoms with Crippen molar-refractivity contribution in [1.82, 2.24) is 24.6 Å². The molecule has 3 rings (SSSR count). The first-order valence-electron chi connectivity index (χ1n) is 7.56. The van der Waals surface area contributed by atoms with E-state index in [0.717, 1.165) is 6.54 Å². The number of hydrogen-bond acceptors (Lipinski definition) is 4. The summed E-state index contributed by atoms with van der Waals surface area (Å²) in [6, 6.07) is 7.08. The quantitative estimate of drug-likeness (QED) is 0.696. The largest absolute Gasteiger partial charge is 0.336 e. The molecule has 0 amide bonds. The Kier molecular flexibility index (Phi) is 4.38. The van der Waals surface area contributed by atoms with Gasteiger partial charge >= 0.3 is 0 Å². The Bertz CT molecular complexity index is 895. The molecule has 23 heavy (non-hydrogen) atoms. The number of aromatic nitrogens is 4. The summed E-state index contributed by atoms with van der Waals surface area (Å²) in [4.78, 5) is 28.4. The minimum absolute atomic E-state index is 0.177. The molecule has 120 valence electrons. The number of H-pyrrole nitrogens is 1. The molecule has 0 bridgehead atoms. The number of nitrogens with one attached hydrogen (secondary N) is 2. The number of rotatable bonds is 6. The molecule has 0 radical (unpaired) electrons. The number of nitrogens with zero attached hydrogens (tertiary/aromatic N) is 3. The molecule has 0 unspecified atom stereocenters. The van der Waals surface area contributed by atoms with Crippen molar-refractivity contribution in [3.63, 3.8) is 0 Å². The fourth-order valence-electron chi connectivity index (χ4n) is 2.60. The maximum absolute atomic E-state index is 12.4. The second-order valence-electron chi connectivity index (χ2n) is 5.56. The predicted molar refractivity (Wildman–Crippen MR) is 88.5 cm³/mol. The normalized spacial score (nSPS) is 12.6. The van der Waals surface area contributed by atoms with Gasteiger partial charge in [-0.05, 0) is 19.1 Å². The van der Waals surface area contributed by atoms with Crippen molar-refractivity contribution in [3.8, 4) is 0 Å². The highest BCUT2D eigenvalue weighted by atomic mass is 16.2. The Balaban J connectivity index is 1.67. The standard InChI is InChI=1S/C16H19N5O2/c1-12(10-20-8-6-17-11-20)18-7-9-21-16(23)14-5-3-2-4-13(14)15(22)19-21/h2-6,8,11-12,18H,7,9-10H2,1H3,(H,19,22)/t12-/m0/s1. The lowest BCUT2D eigenvalue weighted by atomic mass is 10.2. The van der Waals surface area contributed by atoms with E-state index < -0.39 is 0 Å². The molecular formula is C16H19N5O2. The van der Waals surface area contributed by atoms with Crippen LogP contribution in [0, 0.1) is 0 Å². The predicted octanol–water partition coefficient (Wildman–Crippen LogP) is 0.565. The van der Waals surface area contributed by atoms with Gasteiger partial charge in [0.15, 0.2) is 0 Å². The summed E-state index contributed by atoms with van der Waals surface area (Å²) in [6.07, 6.45) is 5.42. The lowest BCUT2D eigenvalue weighted by Gasteiger charge is -2.15. The molecule has 2 heterocycles. The first-order valence-corrected chi connectivity index (χ1v) is 7.56. The molecule has 0 saturated carbocycles. The van der Waals surface area contributed by atoms with E-state index in [9.17, 15) is 9.59 Å². The highest BCUT2D eigenvalue weighted by Crippen LogP contribution is 2.02. The number of fused-ring (bicyclic) bond motifs is 1. The second kappa shape index (κ2) is 6.62. The van der Waals surface area contributed by atoms with Crippen LogP contribution in [0.5, 0.6) is 0 Å². The molecule has 1 aromatic carbocycles. The molecular weight excluding hydrogens is 294 g/mol. The van der Waals surface area contributed by atoms with E-state index in [1.54, 1.807) is 36.8 Å². The Morgan fingerprint density at radius 1 is 1.26 bits per heavy atom. The molecule has 0 aliphatic rings. The summed E-state index contributed by atoms with van der Waals surface area (Å²) in [5.74, 6) is 0. The van der Waals surface area contributed by atoms with Crippen LogP contribution < -0.4 is 16.4 Å². The molecule has 0 aliphatic carbocycles. The van der Waals surface area contributed by atoms with E-state index in [-0.39, 0.29) is 17.2 Å². The Labute approximate surface area is 132 Å². The van der Waals surface area contributed by atoms with Gasteiger partial charge in [-0.3, -0.25) is 14.7 Å². The first-order chi connectivity index (χ1) is 11.1. The van der Waals surface area contributed by atoms with Gasteiger partial charge in [-0.25, -0.2) is 9.67 Å². The van der Waals surface area contributed by atoms with Crippen LogP contribution in [0.4, 0.5) is 0 Å². The van der Waals surface area contributed by atoms with Gasteiger partial charge in [0.25, 0.3) is 11.1 Å². The van der Waals surface area contributed by atoms with Crippen molar-refractivity contribution >= 4 is 10.8 Å². The lowest BCUT2D eigenvalue weighted by molar-refractivity contribution is 0.444. The SMILES string of the molecule is C[C@@H](Cn1ccnc1)NCCn1[nH]c(=O)c2ccccc2c1=O. The van der Waals surface area contributed by atoms with Gasteiger partial charge in [-0.2, -0.15) is 0 Å². The minimum atomic E-state index is -0.244. The lowest BCUT2D eigenvalue weighted by Crippen LogP contribution is -2.37. The summed E-state index contributed by atoms with van der Waals surface area (Å²) in [5, 5.41) is 6.84. The van der Waals surface area contributed by atoms with Crippen LogP contribution in [0.2, 0.25) is 0 Å². The van der Waals surface area contributed by atoms with Crippen LogP contribution in [0.15, 0.2) is 52.6 Å². The number of imidazole rings is 1. The third-order valence-corrected chi connectivity index (χ3v) is 3.76. The highest BCUT2D eigenvalue weighted by Gasteiger charge is 2.07. The third kappa shape index (κ3) is 3.40. The van der Waals surface area contributed by atoms with Crippen molar-refractivity contribution in [3.05, 3.63) is 63.7 Å². The second-order valence-corrected chi connectivity index (χ2v) is 5.56. The van der Waals surface area contributed by atoms with Crippen LogP contribution in [0.1, 0.15) is 6.92 Å². The van der Waals surface area contributed by atoms with E-state index in [1.165, 1.54) is 4.68 Å². The van der Waals surface area contributed by atoms with Crippen molar-refractivity contribution < 1.29 is 0 Å². The number of benzene rings is 1. The zero-order chi connectivity index (χ0) is 16.2. The van der Waals surface area contributed by atoms with E-state index in [4.69, 9.17) is 0 Å². The van der Waals surface area contributed by atoms with Gasteiger partial charge in [0.1, 0.15) is 0 Å². The van der Waals surface area contributed by atoms with Gasteiger partial charge in [0.2, 0.25) is 0 Å². The van der Waals surface area contributed by atoms with Crippen molar-refractivity contribution in [2.75, 3.05) is 6.54 Å². The van der Waals surface area contributed by atoms with Crippen LogP contribution >= 0.6 is 0 Å². The molecule has 0 spiro atoms. The van der Waals surface area contributed by atoms with E-state index in [1.807, 2.05) is 10.8 Å². The number of aromatic amines is 1. The Morgan fingerprint density at radius 3 is 2.78 bits per heavy atom. The minimum Gasteiger partial charge on any atom is -0.336 e. The first kappa shape index (κ1) is 15.2. The van der Waals surface area contributed by atoms with E-state index in [2.05, 4.69) is 22.3 Å². The van der Waals surface area contributed by atoms with Crippen LogP contribution in [-0.2, 0) is 13.1 Å². The molecule has 2 N–H and O–H groups in total. The summed E-state index contributed by atoms with van der Waals surface area (Å²) >= 11 is 0. The monoisotopic (exact) mass is 313 g/mol. The molecule has 0 saturated heterocycles. The van der Waals surface area contributed by atoms with Gasteiger partial charge in [-0.1, -0.05) is 12.1 Å². The fourth-order valence-corrected chi connectivity index (χ4v) is 2.60. The maximum atomic E-state index is 12.4.